The number of rotatable bonds is 7. The van der Waals surface area contributed by atoms with Gasteiger partial charge in [0.25, 0.3) is 0 Å². The van der Waals surface area contributed by atoms with E-state index in [1.54, 1.807) is 6.20 Å². The van der Waals surface area contributed by atoms with E-state index in [9.17, 15) is 9.59 Å². The number of nitrogens with one attached hydrogen (secondary N) is 2. The van der Waals surface area contributed by atoms with Gasteiger partial charge >= 0.3 is 6.03 Å². The molecule has 1 fully saturated rings. The molecule has 3 rings (SSSR count). The molecule has 0 saturated carbocycles. The van der Waals surface area contributed by atoms with Crippen LogP contribution in [0.3, 0.4) is 0 Å². The Balaban J connectivity index is 1.36. The quantitative estimate of drug-likeness (QED) is 0.757. The van der Waals surface area contributed by atoms with E-state index >= 15 is 0 Å². The summed E-state index contributed by atoms with van der Waals surface area (Å²) in [6.07, 6.45) is 6.03. The summed E-state index contributed by atoms with van der Waals surface area (Å²) in [5.41, 5.74) is 1.86. The highest BCUT2D eigenvalue weighted by Gasteiger charge is 2.18. The molecular weight excluding hydrogens is 318 g/mol. The van der Waals surface area contributed by atoms with E-state index in [1.807, 2.05) is 46.1 Å². The Morgan fingerprint density at radius 3 is 2.76 bits per heavy atom. The highest BCUT2D eigenvalue weighted by Crippen LogP contribution is 2.11. The molecule has 0 radical (unpaired) electrons. The molecule has 2 heterocycles. The zero-order chi connectivity index (χ0) is 17.5. The third-order valence-electron chi connectivity index (χ3n) is 4.18. The maximum atomic E-state index is 11.9. The molecule has 25 heavy (non-hydrogen) atoms. The third kappa shape index (κ3) is 5.07. The van der Waals surface area contributed by atoms with Gasteiger partial charge in [-0.15, -0.1) is 0 Å². The molecule has 1 aromatic carbocycles. The predicted molar refractivity (Wildman–Crippen MR) is 95.2 cm³/mol. The minimum absolute atomic E-state index is 0.222. The zero-order valence-electron chi connectivity index (χ0n) is 14.1. The average Bonchev–Trinajstić information content (AvgIpc) is 3.25. The lowest BCUT2D eigenvalue weighted by Crippen LogP contribution is -2.33. The van der Waals surface area contributed by atoms with E-state index in [4.69, 9.17) is 0 Å². The van der Waals surface area contributed by atoms with Crippen LogP contribution in [0, 0.1) is 0 Å². The number of aromatic nitrogens is 2. The summed E-state index contributed by atoms with van der Waals surface area (Å²) < 4.78 is 1.85. The molecule has 0 atom stereocenters. The first-order chi connectivity index (χ1) is 12.2. The maximum absolute atomic E-state index is 11.9. The van der Waals surface area contributed by atoms with Crippen LogP contribution in [-0.2, 0) is 11.3 Å². The van der Waals surface area contributed by atoms with Gasteiger partial charge in [-0.2, -0.15) is 5.10 Å². The Kier molecular flexibility index (Phi) is 5.66. The summed E-state index contributed by atoms with van der Waals surface area (Å²) in [7, 11) is 0. The molecule has 1 saturated heterocycles. The van der Waals surface area contributed by atoms with Crippen LogP contribution in [0.25, 0.3) is 0 Å². The van der Waals surface area contributed by atoms with Gasteiger partial charge in [-0.05, 0) is 36.6 Å². The Hall–Kier alpha value is -2.83. The monoisotopic (exact) mass is 341 g/mol. The molecule has 1 aliphatic heterocycles. The number of nitrogens with zero attached hydrogens (tertiary/aromatic N) is 3. The third-order valence-corrected chi connectivity index (χ3v) is 4.18. The number of benzene rings is 1. The summed E-state index contributed by atoms with van der Waals surface area (Å²) >= 11 is 0. The van der Waals surface area contributed by atoms with Crippen molar-refractivity contribution in [2.24, 2.45) is 0 Å². The average molecular weight is 341 g/mol. The number of likely N-dealkylation sites (tertiary alicyclic amines) is 1. The van der Waals surface area contributed by atoms with E-state index in [-0.39, 0.29) is 11.9 Å². The van der Waals surface area contributed by atoms with Crippen LogP contribution < -0.4 is 10.6 Å². The number of carbonyl (C=O) groups is 2. The summed E-state index contributed by atoms with van der Waals surface area (Å²) in [5, 5.41) is 9.80. The largest absolute Gasteiger partial charge is 0.343 e. The number of anilines is 1. The smallest absolute Gasteiger partial charge is 0.319 e. The molecule has 0 unspecified atom stereocenters. The number of amides is 3. The predicted octanol–water partition coefficient (Wildman–Crippen LogP) is 2.07. The molecule has 7 nitrogen and oxygen atoms in total. The first-order valence-corrected chi connectivity index (χ1v) is 8.60. The molecule has 1 aliphatic rings. The van der Waals surface area contributed by atoms with Gasteiger partial charge in [0.1, 0.15) is 0 Å². The van der Waals surface area contributed by atoms with Gasteiger partial charge in [-0.25, -0.2) is 4.79 Å². The van der Waals surface area contributed by atoms with Crippen LogP contribution in [0.5, 0.6) is 0 Å². The van der Waals surface area contributed by atoms with E-state index in [0.29, 0.717) is 26.1 Å². The molecule has 0 aliphatic carbocycles. The summed E-state index contributed by atoms with van der Waals surface area (Å²) in [4.78, 5) is 25.2. The van der Waals surface area contributed by atoms with Crippen LogP contribution in [0.15, 0.2) is 42.7 Å². The summed E-state index contributed by atoms with van der Waals surface area (Å²) in [5.74, 6) is 0.222. The fourth-order valence-corrected chi connectivity index (χ4v) is 2.86. The molecule has 7 heteroatoms. The standard InChI is InChI=1S/C18H23N5O2/c24-17-4-1-11-22(17)12-2-9-19-18(25)21-16-7-5-15(6-8-16)14-23-13-3-10-20-23/h3,5-8,10,13H,1-2,4,9,11-12,14H2,(H2,19,21,25). The topological polar surface area (TPSA) is 79.3 Å². The summed E-state index contributed by atoms with van der Waals surface area (Å²) in [6.45, 7) is 2.80. The fourth-order valence-electron chi connectivity index (χ4n) is 2.86. The number of hydrogen-bond acceptors (Lipinski definition) is 3. The molecular formula is C18H23N5O2. The Bertz CT molecular complexity index is 697. The highest BCUT2D eigenvalue weighted by molar-refractivity contribution is 5.89. The van der Waals surface area contributed by atoms with Crippen molar-refractivity contribution in [3.05, 3.63) is 48.3 Å². The van der Waals surface area contributed by atoms with Crippen LogP contribution in [0.1, 0.15) is 24.8 Å². The Morgan fingerprint density at radius 2 is 2.08 bits per heavy atom. The molecule has 132 valence electrons. The second-order valence-corrected chi connectivity index (χ2v) is 6.12. The number of urea groups is 1. The van der Waals surface area contributed by atoms with Crippen molar-refractivity contribution in [1.82, 2.24) is 20.0 Å². The van der Waals surface area contributed by atoms with E-state index in [0.717, 1.165) is 30.6 Å². The van der Waals surface area contributed by atoms with Gasteiger partial charge in [-0.3, -0.25) is 9.48 Å². The molecule has 3 amide bonds. The fraction of sp³-hybridized carbons (Fsp3) is 0.389. The van der Waals surface area contributed by atoms with Crippen molar-refractivity contribution in [3.8, 4) is 0 Å². The minimum atomic E-state index is -0.229. The summed E-state index contributed by atoms with van der Waals surface area (Å²) in [6, 6.07) is 9.35. The lowest BCUT2D eigenvalue weighted by atomic mass is 10.2. The van der Waals surface area contributed by atoms with E-state index in [1.165, 1.54) is 0 Å². The second kappa shape index (κ2) is 8.32. The Morgan fingerprint density at radius 1 is 1.24 bits per heavy atom. The van der Waals surface area contributed by atoms with Gasteiger partial charge in [0.15, 0.2) is 0 Å². The van der Waals surface area contributed by atoms with Crippen LogP contribution in [0.2, 0.25) is 0 Å². The van der Waals surface area contributed by atoms with Crippen LogP contribution in [0.4, 0.5) is 10.5 Å². The maximum Gasteiger partial charge on any atom is 0.319 e. The van der Waals surface area contributed by atoms with Gasteiger partial charge in [0, 0.05) is 44.1 Å². The van der Waals surface area contributed by atoms with Gasteiger partial charge < -0.3 is 15.5 Å². The number of hydrogen-bond donors (Lipinski definition) is 2. The number of carbonyl (C=O) groups excluding carboxylic acids is 2. The zero-order valence-corrected chi connectivity index (χ0v) is 14.1. The highest BCUT2D eigenvalue weighted by atomic mass is 16.2. The van der Waals surface area contributed by atoms with E-state index in [2.05, 4.69) is 15.7 Å². The molecule has 0 spiro atoms. The van der Waals surface area contributed by atoms with Crippen molar-refractivity contribution < 1.29 is 9.59 Å². The van der Waals surface area contributed by atoms with Crippen molar-refractivity contribution in [3.63, 3.8) is 0 Å². The first kappa shape index (κ1) is 17.0. The minimum Gasteiger partial charge on any atom is -0.343 e. The normalized spacial score (nSPS) is 13.9. The van der Waals surface area contributed by atoms with Crippen molar-refractivity contribution in [2.75, 3.05) is 25.0 Å². The second-order valence-electron chi connectivity index (χ2n) is 6.12. The van der Waals surface area contributed by atoms with Crippen molar-refractivity contribution in [2.45, 2.75) is 25.8 Å². The lowest BCUT2D eigenvalue weighted by Gasteiger charge is -2.15. The van der Waals surface area contributed by atoms with Gasteiger partial charge in [-0.1, -0.05) is 12.1 Å². The molecule has 2 aromatic rings. The molecule has 1 aromatic heterocycles. The Labute approximate surface area is 147 Å². The van der Waals surface area contributed by atoms with Crippen LogP contribution >= 0.6 is 0 Å². The molecule has 0 bridgehead atoms. The van der Waals surface area contributed by atoms with E-state index < -0.39 is 0 Å². The van der Waals surface area contributed by atoms with Crippen molar-refractivity contribution in [1.29, 1.82) is 0 Å². The van der Waals surface area contributed by atoms with Gasteiger partial charge in [0.05, 0.1) is 6.54 Å². The SMILES string of the molecule is O=C(NCCCN1CCCC1=O)Nc1ccc(Cn2cccn2)cc1. The molecule has 2 N–H and O–H groups in total. The van der Waals surface area contributed by atoms with Crippen LogP contribution in [-0.4, -0.2) is 46.3 Å². The van der Waals surface area contributed by atoms with Crippen molar-refractivity contribution >= 4 is 17.6 Å². The first-order valence-electron chi connectivity index (χ1n) is 8.60. The lowest BCUT2D eigenvalue weighted by molar-refractivity contribution is -0.127. The van der Waals surface area contributed by atoms with Gasteiger partial charge in [0.2, 0.25) is 5.91 Å².